The Labute approximate surface area is 147 Å². The Morgan fingerprint density at radius 1 is 1.40 bits per heavy atom. The van der Waals surface area contributed by atoms with Gasteiger partial charge in [0.2, 0.25) is 10.0 Å². The van der Waals surface area contributed by atoms with Crippen molar-refractivity contribution in [2.24, 2.45) is 0 Å². The fourth-order valence-electron chi connectivity index (χ4n) is 3.00. The van der Waals surface area contributed by atoms with Crippen LogP contribution in [0.2, 0.25) is 0 Å². The largest absolute Gasteiger partial charge is 0.451 e. The molecule has 1 aliphatic heterocycles. The predicted octanol–water partition coefficient (Wildman–Crippen LogP) is 1.67. The molecule has 1 aliphatic rings. The van der Waals surface area contributed by atoms with Crippen molar-refractivity contribution in [3.63, 3.8) is 0 Å². The van der Waals surface area contributed by atoms with Crippen LogP contribution in [0.5, 0.6) is 0 Å². The number of hydrogen-bond donors (Lipinski definition) is 0. The van der Waals surface area contributed by atoms with Crippen molar-refractivity contribution in [3.8, 4) is 11.4 Å². The van der Waals surface area contributed by atoms with Crippen LogP contribution in [0, 0.1) is 0 Å². The quantitative estimate of drug-likeness (QED) is 0.691. The fraction of sp³-hybridized carbons (Fsp3) is 0.625. The Bertz CT molecular complexity index is 812. The lowest BCUT2D eigenvalue weighted by atomic mass is 10.1. The summed E-state index contributed by atoms with van der Waals surface area (Å²) in [4.78, 5) is 4.18. The lowest BCUT2D eigenvalue weighted by molar-refractivity contribution is 0.135. The molecule has 138 valence electrons. The molecule has 0 saturated carbocycles. The van der Waals surface area contributed by atoms with Gasteiger partial charge >= 0.3 is 0 Å². The van der Waals surface area contributed by atoms with Gasteiger partial charge in [0, 0.05) is 37.4 Å². The van der Waals surface area contributed by atoms with Gasteiger partial charge in [0.15, 0.2) is 6.39 Å². The number of fused-ring (bicyclic) bond motifs is 1. The summed E-state index contributed by atoms with van der Waals surface area (Å²) in [7, 11) is -3.31. The Morgan fingerprint density at radius 3 is 2.84 bits per heavy atom. The van der Waals surface area contributed by atoms with Gasteiger partial charge < -0.3 is 9.15 Å². The van der Waals surface area contributed by atoms with E-state index in [9.17, 15) is 8.42 Å². The van der Waals surface area contributed by atoms with Crippen LogP contribution in [-0.2, 0) is 34.3 Å². The Balaban J connectivity index is 1.96. The van der Waals surface area contributed by atoms with Crippen molar-refractivity contribution in [1.29, 1.82) is 0 Å². The number of nitrogens with zero attached hydrogens (tertiary/aromatic N) is 4. The molecule has 0 radical (unpaired) electrons. The summed E-state index contributed by atoms with van der Waals surface area (Å²) in [5.74, 6) is 0. The maximum atomic E-state index is 12.6. The van der Waals surface area contributed by atoms with E-state index in [1.807, 2.05) is 11.6 Å². The molecule has 0 spiro atoms. The average Bonchev–Trinajstić information content (AvgIpc) is 3.22. The molecule has 0 saturated heterocycles. The molecule has 0 aromatic carbocycles. The Morgan fingerprint density at radius 2 is 2.20 bits per heavy atom. The van der Waals surface area contributed by atoms with Crippen LogP contribution in [0.4, 0.5) is 0 Å². The highest BCUT2D eigenvalue weighted by Crippen LogP contribution is 2.31. The van der Waals surface area contributed by atoms with E-state index in [1.165, 1.54) is 17.0 Å². The van der Waals surface area contributed by atoms with E-state index in [4.69, 9.17) is 9.15 Å². The normalized spacial score (nSPS) is 15.7. The zero-order chi connectivity index (χ0) is 18.0. The average molecular weight is 368 g/mol. The predicted molar refractivity (Wildman–Crippen MR) is 92.4 cm³/mol. The molecular formula is C16H24N4O4S. The van der Waals surface area contributed by atoms with Crippen molar-refractivity contribution in [2.45, 2.75) is 45.5 Å². The highest BCUT2D eigenvalue weighted by atomic mass is 32.2. The number of ether oxygens (including phenoxy) is 1. The van der Waals surface area contributed by atoms with E-state index < -0.39 is 15.3 Å². The molecule has 25 heavy (non-hydrogen) atoms. The van der Waals surface area contributed by atoms with Gasteiger partial charge in [-0.1, -0.05) is 0 Å². The third-order valence-corrected chi connectivity index (χ3v) is 6.60. The van der Waals surface area contributed by atoms with Crippen molar-refractivity contribution in [2.75, 3.05) is 19.8 Å². The zero-order valence-electron chi connectivity index (χ0n) is 14.8. The molecule has 3 rings (SSSR count). The summed E-state index contributed by atoms with van der Waals surface area (Å²) in [6.07, 6.45) is 3.51. The smallest absolute Gasteiger partial charge is 0.216 e. The first-order chi connectivity index (χ1) is 11.9. The molecule has 8 nitrogen and oxygen atoms in total. The summed E-state index contributed by atoms with van der Waals surface area (Å²) >= 11 is 0. The van der Waals surface area contributed by atoms with E-state index in [0.29, 0.717) is 50.7 Å². The summed E-state index contributed by atoms with van der Waals surface area (Å²) in [6.45, 7) is 7.98. The molecule has 2 aromatic heterocycles. The maximum absolute atomic E-state index is 12.6. The van der Waals surface area contributed by atoms with Crippen LogP contribution in [-0.4, -0.2) is 52.5 Å². The minimum absolute atomic E-state index is 0.312. The van der Waals surface area contributed by atoms with E-state index in [0.717, 1.165) is 11.3 Å². The van der Waals surface area contributed by atoms with Crippen LogP contribution >= 0.6 is 0 Å². The molecule has 2 aromatic rings. The van der Waals surface area contributed by atoms with Gasteiger partial charge in [0.05, 0.1) is 18.4 Å². The van der Waals surface area contributed by atoms with Crippen molar-refractivity contribution < 1.29 is 17.6 Å². The second-order valence-electron chi connectivity index (χ2n) is 6.24. The maximum Gasteiger partial charge on any atom is 0.216 e. The number of oxazole rings is 1. The first-order valence-electron chi connectivity index (χ1n) is 8.49. The number of sulfonamides is 1. The van der Waals surface area contributed by atoms with Crippen LogP contribution in [0.3, 0.4) is 0 Å². The highest BCUT2D eigenvalue weighted by molar-refractivity contribution is 7.89. The van der Waals surface area contributed by atoms with E-state index in [1.54, 1.807) is 13.8 Å². The monoisotopic (exact) mass is 368 g/mol. The van der Waals surface area contributed by atoms with Gasteiger partial charge in [-0.05, 0) is 20.8 Å². The lowest BCUT2D eigenvalue weighted by Crippen LogP contribution is -2.40. The number of hydrogen-bond acceptors (Lipinski definition) is 6. The topological polar surface area (TPSA) is 90.5 Å². The van der Waals surface area contributed by atoms with Crippen LogP contribution < -0.4 is 0 Å². The number of rotatable bonds is 7. The van der Waals surface area contributed by atoms with Gasteiger partial charge in [0.25, 0.3) is 0 Å². The molecule has 0 amide bonds. The lowest BCUT2D eigenvalue weighted by Gasteiger charge is -2.28. The zero-order valence-corrected chi connectivity index (χ0v) is 15.6. The summed E-state index contributed by atoms with van der Waals surface area (Å²) in [5, 5.41) is 4.21. The summed E-state index contributed by atoms with van der Waals surface area (Å²) in [6, 6.07) is 0. The summed E-state index contributed by atoms with van der Waals surface area (Å²) in [5.41, 5.74) is 3.26. The molecule has 0 fully saturated rings. The Kier molecular flexibility index (Phi) is 5.26. The van der Waals surface area contributed by atoms with Gasteiger partial charge in [-0.3, -0.25) is 4.68 Å². The van der Waals surface area contributed by atoms with Crippen LogP contribution in [0.25, 0.3) is 11.4 Å². The van der Waals surface area contributed by atoms with Gasteiger partial charge in [-0.15, -0.1) is 0 Å². The summed E-state index contributed by atoms with van der Waals surface area (Å²) < 4.78 is 39.1. The van der Waals surface area contributed by atoms with Gasteiger partial charge in [0.1, 0.15) is 17.7 Å². The third-order valence-electron chi connectivity index (χ3n) is 4.38. The SMILES string of the molecule is CCOCCn1nc(-c2cocn2)c2c1CCN(S(=O)(=O)C(C)C)C2. The third kappa shape index (κ3) is 3.49. The fourth-order valence-corrected chi connectivity index (χ4v) is 4.25. The molecule has 0 atom stereocenters. The Hall–Kier alpha value is -1.71. The number of aromatic nitrogens is 3. The van der Waals surface area contributed by atoms with Crippen molar-refractivity contribution in [3.05, 3.63) is 23.9 Å². The molecule has 0 N–H and O–H groups in total. The van der Waals surface area contributed by atoms with Gasteiger partial charge in [-0.25, -0.2) is 13.4 Å². The first kappa shape index (κ1) is 18.1. The van der Waals surface area contributed by atoms with Crippen LogP contribution in [0.1, 0.15) is 32.0 Å². The molecular weight excluding hydrogens is 344 g/mol. The first-order valence-corrected chi connectivity index (χ1v) is 9.99. The molecule has 0 unspecified atom stereocenters. The highest BCUT2D eigenvalue weighted by Gasteiger charge is 2.33. The molecule has 3 heterocycles. The second-order valence-corrected chi connectivity index (χ2v) is 8.73. The van der Waals surface area contributed by atoms with E-state index >= 15 is 0 Å². The van der Waals surface area contributed by atoms with E-state index in [-0.39, 0.29) is 0 Å². The molecule has 0 bridgehead atoms. The minimum atomic E-state index is -3.31. The van der Waals surface area contributed by atoms with E-state index in [2.05, 4.69) is 10.1 Å². The molecule has 0 aliphatic carbocycles. The molecule has 9 heteroatoms. The standard InChI is InChI=1S/C16H24N4O4S/c1-4-23-8-7-20-15-5-6-19(25(21,22)12(2)3)9-13(15)16(18-20)14-10-24-11-17-14/h10-12H,4-9H2,1-3H3. The van der Waals surface area contributed by atoms with Crippen molar-refractivity contribution >= 4 is 10.0 Å². The van der Waals surface area contributed by atoms with Gasteiger partial charge in [-0.2, -0.15) is 9.40 Å². The second kappa shape index (κ2) is 7.27. The minimum Gasteiger partial charge on any atom is -0.451 e. The van der Waals surface area contributed by atoms with Crippen molar-refractivity contribution in [1.82, 2.24) is 19.1 Å². The van der Waals surface area contributed by atoms with Crippen LogP contribution in [0.15, 0.2) is 17.1 Å².